The largest absolute Gasteiger partial charge is 0.378 e. The predicted octanol–water partition coefficient (Wildman–Crippen LogP) is 2.34. The van der Waals surface area contributed by atoms with Crippen LogP contribution in [0.1, 0.15) is 56.8 Å². The summed E-state index contributed by atoms with van der Waals surface area (Å²) in [5.41, 5.74) is 0.909. The number of carbonyl (C=O) groups excluding carboxylic acids is 5. The first-order valence-corrected chi connectivity index (χ1v) is 14.5. The van der Waals surface area contributed by atoms with E-state index in [1.165, 1.54) is 24.3 Å². The number of nitrogens with one attached hydrogen (secondary N) is 4. The number of hydrogen-bond donors (Lipinski definition) is 4. The van der Waals surface area contributed by atoms with Crippen LogP contribution < -0.4 is 21.3 Å². The lowest BCUT2D eigenvalue weighted by atomic mass is 10.0. The zero-order chi connectivity index (χ0) is 28.3. The van der Waals surface area contributed by atoms with Gasteiger partial charge in [0.15, 0.2) is 0 Å². The predicted molar refractivity (Wildman–Crippen MR) is 152 cm³/mol. The molecule has 4 rings (SSSR count). The Morgan fingerprint density at radius 3 is 2.20 bits per heavy atom. The molecular formula is C29H34N4O6S. The van der Waals surface area contributed by atoms with E-state index in [9.17, 15) is 24.0 Å². The molecule has 2 heterocycles. The average molecular weight is 567 g/mol. The summed E-state index contributed by atoms with van der Waals surface area (Å²) in [6, 6.07) is 14.6. The molecule has 0 bridgehead atoms. The fourth-order valence-corrected chi connectivity index (χ4v) is 6.23. The van der Waals surface area contributed by atoms with Gasteiger partial charge in [0.1, 0.15) is 0 Å². The second-order valence-corrected chi connectivity index (χ2v) is 11.0. The molecule has 0 radical (unpaired) electrons. The Morgan fingerprint density at radius 1 is 0.825 bits per heavy atom. The summed E-state index contributed by atoms with van der Waals surface area (Å²) in [7, 11) is 0. The first kappa shape index (κ1) is 29.3. The van der Waals surface area contributed by atoms with E-state index in [-0.39, 0.29) is 48.6 Å². The van der Waals surface area contributed by atoms with Gasteiger partial charge in [0.25, 0.3) is 5.91 Å². The summed E-state index contributed by atoms with van der Waals surface area (Å²) in [6.45, 7) is 1.31. The number of amides is 4. The van der Waals surface area contributed by atoms with E-state index in [0.717, 1.165) is 25.0 Å². The number of carbonyl (C=O) groups is 5. The molecule has 2 aliphatic heterocycles. The van der Waals surface area contributed by atoms with Gasteiger partial charge in [-0.15, -0.1) is 0 Å². The Kier molecular flexibility index (Phi) is 10.7. The maximum atomic E-state index is 12.4. The molecule has 2 saturated heterocycles. The second-order valence-electron chi connectivity index (χ2n) is 9.69. The third-order valence-electron chi connectivity index (χ3n) is 6.83. The van der Waals surface area contributed by atoms with Gasteiger partial charge in [0.2, 0.25) is 17.5 Å². The summed E-state index contributed by atoms with van der Waals surface area (Å²) >= 11 is 1.88. The second kappa shape index (κ2) is 14.6. The number of thioether (sulfide) groups is 1. The molecule has 10 nitrogen and oxygen atoms in total. The quantitative estimate of drug-likeness (QED) is 0.112. The molecule has 2 aliphatic rings. The maximum absolute atomic E-state index is 12.4. The van der Waals surface area contributed by atoms with Gasteiger partial charge < -0.3 is 26.0 Å². The van der Waals surface area contributed by atoms with Crippen molar-refractivity contribution in [1.29, 1.82) is 0 Å². The number of urea groups is 1. The number of hydrogen-bond acceptors (Lipinski definition) is 7. The van der Waals surface area contributed by atoms with Crippen molar-refractivity contribution in [3.63, 3.8) is 0 Å². The van der Waals surface area contributed by atoms with Crippen LogP contribution >= 0.6 is 11.8 Å². The summed E-state index contributed by atoms with van der Waals surface area (Å²) in [4.78, 5) is 60.6. The normalized spacial score (nSPS) is 19.3. The van der Waals surface area contributed by atoms with Crippen LogP contribution in [0.4, 0.5) is 4.79 Å². The number of fused-ring (bicyclic) bond motifs is 1. The van der Waals surface area contributed by atoms with Crippen molar-refractivity contribution in [2.75, 3.05) is 32.1 Å². The van der Waals surface area contributed by atoms with Crippen molar-refractivity contribution in [2.45, 2.75) is 43.0 Å². The van der Waals surface area contributed by atoms with Gasteiger partial charge in [-0.1, -0.05) is 48.9 Å². The van der Waals surface area contributed by atoms with E-state index in [1.807, 2.05) is 11.8 Å². The van der Waals surface area contributed by atoms with E-state index >= 15 is 0 Å². The SMILES string of the molecule is O=C(CCCCC1SCC2NC(=O)NC21)NCCOCCNC(=O)c1ccc(C(=O)C(=O)c2ccccc2)cc1. The highest BCUT2D eigenvalue weighted by Crippen LogP contribution is 2.33. The maximum Gasteiger partial charge on any atom is 0.315 e. The van der Waals surface area contributed by atoms with E-state index in [0.29, 0.717) is 35.9 Å². The highest BCUT2D eigenvalue weighted by Gasteiger charge is 2.42. The number of ketones is 2. The van der Waals surface area contributed by atoms with Gasteiger partial charge in [-0.05, 0) is 25.0 Å². The number of unbranched alkanes of at least 4 members (excludes halogenated alkanes) is 1. The van der Waals surface area contributed by atoms with E-state index < -0.39 is 11.6 Å². The highest BCUT2D eigenvalue weighted by atomic mass is 32.2. The molecule has 212 valence electrons. The molecule has 0 spiro atoms. The molecule has 0 aromatic heterocycles. The van der Waals surface area contributed by atoms with Gasteiger partial charge in [0.05, 0.1) is 25.3 Å². The van der Waals surface area contributed by atoms with E-state index in [4.69, 9.17) is 4.74 Å². The van der Waals surface area contributed by atoms with Crippen molar-refractivity contribution >= 4 is 41.2 Å². The monoisotopic (exact) mass is 566 g/mol. The van der Waals surface area contributed by atoms with Crippen LogP contribution in [0.2, 0.25) is 0 Å². The third kappa shape index (κ3) is 8.15. The van der Waals surface area contributed by atoms with Crippen LogP contribution in [-0.4, -0.2) is 78.8 Å². The van der Waals surface area contributed by atoms with E-state index in [2.05, 4.69) is 21.3 Å². The zero-order valence-corrected chi connectivity index (χ0v) is 23.0. The summed E-state index contributed by atoms with van der Waals surface area (Å²) < 4.78 is 5.48. The molecule has 0 saturated carbocycles. The van der Waals surface area contributed by atoms with Gasteiger partial charge in [0, 0.05) is 47.2 Å². The first-order valence-electron chi connectivity index (χ1n) is 13.5. The van der Waals surface area contributed by atoms with Crippen molar-refractivity contribution in [3.05, 3.63) is 71.3 Å². The van der Waals surface area contributed by atoms with Crippen LogP contribution in [0.25, 0.3) is 0 Å². The summed E-state index contributed by atoms with van der Waals surface area (Å²) in [6.07, 6.45) is 3.17. The van der Waals surface area contributed by atoms with Crippen LogP contribution in [0, 0.1) is 0 Å². The molecule has 2 aromatic carbocycles. The van der Waals surface area contributed by atoms with Crippen molar-refractivity contribution in [2.24, 2.45) is 0 Å². The fourth-order valence-electron chi connectivity index (χ4n) is 4.69. The Balaban J connectivity index is 1.02. The minimum absolute atomic E-state index is 0.0166. The van der Waals surface area contributed by atoms with Crippen LogP contribution in [0.15, 0.2) is 54.6 Å². The smallest absolute Gasteiger partial charge is 0.315 e. The van der Waals surface area contributed by atoms with Gasteiger partial charge in [-0.2, -0.15) is 11.8 Å². The fraction of sp³-hybridized carbons (Fsp3) is 0.414. The Hall–Kier alpha value is -3.70. The molecule has 4 N–H and O–H groups in total. The van der Waals surface area contributed by atoms with Gasteiger partial charge in [-0.3, -0.25) is 19.2 Å². The van der Waals surface area contributed by atoms with Crippen LogP contribution in [0.5, 0.6) is 0 Å². The van der Waals surface area contributed by atoms with Crippen molar-refractivity contribution in [1.82, 2.24) is 21.3 Å². The molecule has 3 unspecified atom stereocenters. The lowest BCUT2D eigenvalue weighted by Crippen LogP contribution is -2.36. The highest BCUT2D eigenvalue weighted by molar-refractivity contribution is 8.00. The standard InChI is InChI=1S/C29H34N4O6S/c34-24(9-5-4-8-23-25-22(18-40-23)32-29(38)33-25)30-14-16-39-17-15-31-28(37)21-12-10-20(11-13-21)27(36)26(35)19-6-2-1-3-7-19/h1-3,6-7,10-13,22-23,25H,4-5,8-9,14-18H2,(H,30,34)(H,31,37)(H2,32,33,38). The van der Waals surface area contributed by atoms with Crippen LogP contribution in [0.3, 0.4) is 0 Å². The lowest BCUT2D eigenvalue weighted by molar-refractivity contribution is -0.121. The van der Waals surface area contributed by atoms with Crippen molar-refractivity contribution in [3.8, 4) is 0 Å². The molecule has 11 heteroatoms. The number of benzene rings is 2. The Labute approximate surface area is 237 Å². The number of rotatable bonds is 15. The zero-order valence-electron chi connectivity index (χ0n) is 22.1. The van der Waals surface area contributed by atoms with Crippen LogP contribution in [-0.2, 0) is 9.53 Å². The Morgan fingerprint density at radius 2 is 1.48 bits per heavy atom. The first-order chi connectivity index (χ1) is 19.4. The lowest BCUT2D eigenvalue weighted by Gasteiger charge is -2.16. The summed E-state index contributed by atoms with van der Waals surface area (Å²) in [5, 5.41) is 11.9. The van der Waals surface area contributed by atoms with Gasteiger partial charge in [-0.25, -0.2) is 4.79 Å². The molecule has 4 amide bonds. The number of Topliss-reactive ketones (excluding diaryl/α,β-unsaturated/α-hetero) is 2. The average Bonchev–Trinajstić information content (AvgIpc) is 3.53. The molecule has 2 aromatic rings. The molecule has 2 fully saturated rings. The Bertz CT molecular complexity index is 1210. The topological polar surface area (TPSA) is 143 Å². The molecule has 0 aliphatic carbocycles. The summed E-state index contributed by atoms with van der Waals surface area (Å²) in [5.74, 6) is -0.619. The molecular weight excluding hydrogens is 532 g/mol. The minimum atomic E-state index is -0.627. The minimum Gasteiger partial charge on any atom is -0.378 e. The van der Waals surface area contributed by atoms with Crippen molar-refractivity contribution < 1.29 is 28.7 Å². The molecule has 40 heavy (non-hydrogen) atoms. The van der Waals surface area contributed by atoms with E-state index in [1.54, 1.807) is 30.3 Å². The third-order valence-corrected chi connectivity index (χ3v) is 8.34. The number of ether oxygens (including phenoxy) is 1. The van der Waals surface area contributed by atoms with Gasteiger partial charge >= 0.3 is 6.03 Å². The molecule has 3 atom stereocenters.